The Morgan fingerprint density at radius 1 is 1.05 bits per heavy atom. The highest BCUT2D eigenvalue weighted by Crippen LogP contribution is 2.42. The van der Waals surface area contributed by atoms with Crippen LogP contribution < -0.4 is 18.9 Å². The Morgan fingerprint density at radius 3 is 2.57 bits per heavy atom. The molecule has 1 heterocycles. The molecular weight excluding hydrogens is 272 g/mol. The summed E-state index contributed by atoms with van der Waals surface area (Å²) in [6.45, 7) is 0.216. The Labute approximate surface area is 122 Å². The average Bonchev–Trinajstić information content (AvgIpc) is 3.00. The van der Waals surface area contributed by atoms with Crippen molar-refractivity contribution < 1.29 is 23.7 Å². The molecule has 5 heteroatoms. The molecule has 0 bridgehead atoms. The Hall–Kier alpha value is -2.69. The van der Waals surface area contributed by atoms with Crippen molar-refractivity contribution in [1.29, 1.82) is 0 Å². The van der Waals surface area contributed by atoms with Crippen LogP contribution in [0.25, 0.3) is 11.1 Å². The highest BCUT2D eigenvalue weighted by Gasteiger charge is 2.18. The quantitative estimate of drug-likeness (QED) is 0.809. The van der Waals surface area contributed by atoms with E-state index in [0.717, 1.165) is 17.4 Å². The minimum absolute atomic E-state index is 0.216. The zero-order valence-electron chi connectivity index (χ0n) is 11.7. The van der Waals surface area contributed by atoms with Crippen molar-refractivity contribution in [2.75, 3.05) is 21.0 Å². The molecule has 1 aliphatic rings. The first-order chi connectivity index (χ1) is 10.3. The van der Waals surface area contributed by atoms with Crippen LogP contribution in [-0.4, -0.2) is 27.3 Å². The molecule has 1 aliphatic heterocycles. The summed E-state index contributed by atoms with van der Waals surface area (Å²) in [5.74, 6) is 2.46. The van der Waals surface area contributed by atoms with Gasteiger partial charge in [-0.15, -0.1) is 0 Å². The Kier molecular flexibility index (Phi) is 3.39. The van der Waals surface area contributed by atoms with E-state index >= 15 is 0 Å². The molecule has 2 aromatic rings. The minimum Gasteiger partial charge on any atom is -0.493 e. The monoisotopic (exact) mass is 286 g/mol. The number of hydrogen-bond donors (Lipinski definition) is 0. The summed E-state index contributed by atoms with van der Waals surface area (Å²) >= 11 is 0. The van der Waals surface area contributed by atoms with Crippen LogP contribution in [0.15, 0.2) is 30.3 Å². The molecule has 0 spiro atoms. The molecule has 2 aromatic carbocycles. The fourth-order valence-electron chi connectivity index (χ4n) is 2.33. The SMILES string of the molecule is COc1cc(C=O)cc(-c2ccc3c(c2)OCO3)c1OC. The van der Waals surface area contributed by atoms with Gasteiger partial charge in [0.05, 0.1) is 14.2 Å². The highest BCUT2D eigenvalue weighted by molar-refractivity contribution is 5.84. The van der Waals surface area contributed by atoms with Crippen molar-refractivity contribution >= 4 is 6.29 Å². The van der Waals surface area contributed by atoms with E-state index in [4.69, 9.17) is 18.9 Å². The lowest BCUT2D eigenvalue weighted by molar-refractivity contribution is 0.112. The average molecular weight is 286 g/mol. The smallest absolute Gasteiger partial charge is 0.231 e. The van der Waals surface area contributed by atoms with Crippen molar-refractivity contribution in [2.45, 2.75) is 0 Å². The molecule has 5 nitrogen and oxygen atoms in total. The summed E-state index contributed by atoms with van der Waals surface area (Å²) in [6.07, 6.45) is 0.776. The van der Waals surface area contributed by atoms with Crippen molar-refractivity contribution in [3.05, 3.63) is 35.9 Å². The van der Waals surface area contributed by atoms with E-state index in [0.29, 0.717) is 28.6 Å². The molecule has 0 atom stereocenters. The lowest BCUT2D eigenvalue weighted by Gasteiger charge is -2.14. The normalized spacial score (nSPS) is 12.1. The van der Waals surface area contributed by atoms with Gasteiger partial charge in [0.1, 0.15) is 6.29 Å². The van der Waals surface area contributed by atoms with Crippen LogP contribution in [0.3, 0.4) is 0 Å². The predicted molar refractivity (Wildman–Crippen MR) is 76.5 cm³/mol. The summed E-state index contributed by atoms with van der Waals surface area (Å²) in [6, 6.07) is 8.97. The van der Waals surface area contributed by atoms with Gasteiger partial charge in [0.2, 0.25) is 6.79 Å². The molecule has 0 radical (unpaired) electrons. The van der Waals surface area contributed by atoms with E-state index in [1.165, 1.54) is 7.11 Å². The van der Waals surface area contributed by atoms with E-state index in [9.17, 15) is 4.79 Å². The number of carbonyl (C=O) groups excluding carboxylic acids is 1. The molecule has 0 fully saturated rings. The Balaban J connectivity index is 2.18. The summed E-state index contributed by atoms with van der Waals surface area (Å²) in [4.78, 5) is 11.1. The van der Waals surface area contributed by atoms with Gasteiger partial charge < -0.3 is 18.9 Å². The molecule has 21 heavy (non-hydrogen) atoms. The number of benzene rings is 2. The fourth-order valence-corrected chi connectivity index (χ4v) is 2.33. The predicted octanol–water partition coefficient (Wildman–Crippen LogP) is 2.91. The second-order valence-corrected chi connectivity index (χ2v) is 4.49. The molecule has 0 aromatic heterocycles. The van der Waals surface area contributed by atoms with Gasteiger partial charge in [-0.25, -0.2) is 0 Å². The Morgan fingerprint density at radius 2 is 1.86 bits per heavy atom. The van der Waals surface area contributed by atoms with Gasteiger partial charge in [0.15, 0.2) is 23.0 Å². The first-order valence-corrected chi connectivity index (χ1v) is 6.38. The maximum atomic E-state index is 11.1. The summed E-state index contributed by atoms with van der Waals surface area (Å²) in [5, 5.41) is 0. The molecule has 0 unspecified atom stereocenters. The van der Waals surface area contributed by atoms with Gasteiger partial charge in [-0.1, -0.05) is 6.07 Å². The van der Waals surface area contributed by atoms with Crippen molar-refractivity contribution in [1.82, 2.24) is 0 Å². The van der Waals surface area contributed by atoms with Gasteiger partial charge in [0, 0.05) is 11.1 Å². The zero-order chi connectivity index (χ0) is 14.8. The summed E-state index contributed by atoms with van der Waals surface area (Å²) in [5.41, 5.74) is 2.13. The van der Waals surface area contributed by atoms with Gasteiger partial charge in [-0.2, -0.15) is 0 Å². The molecule has 0 N–H and O–H groups in total. The number of methoxy groups -OCH3 is 2. The van der Waals surface area contributed by atoms with Gasteiger partial charge in [-0.05, 0) is 29.8 Å². The topological polar surface area (TPSA) is 54.0 Å². The van der Waals surface area contributed by atoms with Crippen LogP contribution in [0.4, 0.5) is 0 Å². The van der Waals surface area contributed by atoms with Crippen LogP contribution in [0.1, 0.15) is 10.4 Å². The summed E-state index contributed by atoms with van der Waals surface area (Å²) in [7, 11) is 3.10. The highest BCUT2D eigenvalue weighted by atomic mass is 16.7. The molecular formula is C16H14O5. The van der Waals surface area contributed by atoms with Gasteiger partial charge in [0.25, 0.3) is 0 Å². The first kappa shape index (κ1) is 13.3. The number of aldehydes is 1. The molecule has 108 valence electrons. The standard InChI is InChI=1S/C16H14O5/c1-18-15-6-10(8-17)5-12(16(15)19-2)11-3-4-13-14(7-11)21-9-20-13/h3-8H,9H2,1-2H3. The number of fused-ring (bicyclic) bond motifs is 1. The van der Waals surface area contributed by atoms with Crippen LogP contribution in [-0.2, 0) is 0 Å². The number of ether oxygens (including phenoxy) is 4. The van der Waals surface area contributed by atoms with E-state index < -0.39 is 0 Å². The van der Waals surface area contributed by atoms with Crippen LogP contribution in [0.5, 0.6) is 23.0 Å². The molecule has 0 saturated heterocycles. The van der Waals surface area contributed by atoms with Crippen molar-refractivity contribution in [2.24, 2.45) is 0 Å². The Bertz CT molecular complexity index is 693. The van der Waals surface area contributed by atoms with Crippen molar-refractivity contribution in [3.8, 4) is 34.1 Å². The first-order valence-electron chi connectivity index (χ1n) is 6.38. The third kappa shape index (κ3) is 2.27. The molecule has 0 amide bonds. The van der Waals surface area contributed by atoms with Crippen LogP contribution in [0.2, 0.25) is 0 Å². The molecule has 3 rings (SSSR count). The van der Waals surface area contributed by atoms with Crippen LogP contribution >= 0.6 is 0 Å². The van der Waals surface area contributed by atoms with E-state index in [1.54, 1.807) is 19.2 Å². The zero-order valence-corrected chi connectivity index (χ0v) is 11.7. The van der Waals surface area contributed by atoms with E-state index in [-0.39, 0.29) is 6.79 Å². The lowest BCUT2D eigenvalue weighted by Crippen LogP contribution is -1.96. The third-order valence-corrected chi connectivity index (χ3v) is 3.32. The van der Waals surface area contributed by atoms with Gasteiger partial charge in [-0.3, -0.25) is 4.79 Å². The third-order valence-electron chi connectivity index (χ3n) is 3.32. The molecule has 0 aliphatic carbocycles. The minimum atomic E-state index is 0.216. The largest absolute Gasteiger partial charge is 0.493 e. The molecule has 0 saturated carbocycles. The number of carbonyl (C=O) groups is 1. The lowest BCUT2D eigenvalue weighted by atomic mass is 10.0. The van der Waals surface area contributed by atoms with E-state index in [2.05, 4.69) is 0 Å². The van der Waals surface area contributed by atoms with Gasteiger partial charge >= 0.3 is 0 Å². The maximum absolute atomic E-state index is 11.1. The second kappa shape index (κ2) is 5.36. The van der Waals surface area contributed by atoms with Crippen LogP contribution in [0, 0.1) is 0 Å². The number of rotatable bonds is 4. The van der Waals surface area contributed by atoms with E-state index in [1.807, 2.05) is 18.2 Å². The summed E-state index contributed by atoms with van der Waals surface area (Å²) < 4.78 is 21.4. The maximum Gasteiger partial charge on any atom is 0.231 e. The van der Waals surface area contributed by atoms with Crippen molar-refractivity contribution in [3.63, 3.8) is 0 Å². The fraction of sp³-hybridized carbons (Fsp3) is 0.188. The number of hydrogen-bond acceptors (Lipinski definition) is 5. The second-order valence-electron chi connectivity index (χ2n) is 4.49.